The molecule has 1 rings (SSSR count). The van der Waals surface area contributed by atoms with Crippen molar-refractivity contribution in [2.24, 2.45) is 5.92 Å². The number of rotatable bonds is 7. The van der Waals surface area contributed by atoms with Crippen molar-refractivity contribution in [3.05, 3.63) is 23.2 Å². The maximum Gasteiger partial charge on any atom is 0.243 e. The van der Waals surface area contributed by atoms with Crippen molar-refractivity contribution in [3.8, 4) is 5.75 Å². The van der Waals surface area contributed by atoms with Crippen LogP contribution in [0.4, 0.5) is 5.69 Å². The van der Waals surface area contributed by atoms with E-state index in [0.717, 1.165) is 6.42 Å². The van der Waals surface area contributed by atoms with Crippen molar-refractivity contribution < 1.29 is 14.3 Å². The number of hydrogen-bond acceptors (Lipinski definition) is 3. The number of carbonyl (C=O) groups is 2. The van der Waals surface area contributed by atoms with Gasteiger partial charge in [0.25, 0.3) is 0 Å². The summed E-state index contributed by atoms with van der Waals surface area (Å²) in [6, 6.07) is 5.04. The van der Waals surface area contributed by atoms with Crippen molar-refractivity contribution in [2.45, 2.75) is 27.2 Å². The fourth-order valence-electron chi connectivity index (χ4n) is 1.48. The van der Waals surface area contributed by atoms with E-state index in [0.29, 0.717) is 23.1 Å². The third kappa shape index (κ3) is 6.04. The SMILES string of the molecule is CCCOc1ccc(NC(=O)CNC(=O)C(C)C)cc1Cl. The number of anilines is 1. The van der Waals surface area contributed by atoms with Crippen molar-refractivity contribution >= 4 is 29.1 Å². The van der Waals surface area contributed by atoms with E-state index in [2.05, 4.69) is 10.6 Å². The second kappa shape index (κ2) is 8.52. The van der Waals surface area contributed by atoms with E-state index >= 15 is 0 Å². The molecule has 0 aliphatic carbocycles. The second-order valence-corrected chi connectivity index (χ2v) is 5.32. The summed E-state index contributed by atoms with van der Waals surface area (Å²) in [5.74, 6) is -0.0272. The molecule has 21 heavy (non-hydrogen) atoms. The van der Waals surface area contributed by atoms with E-state index in [1.807, 2.05) is 6.92 Å². The average molecular weight is 313 g/mol. The van der Waals surface area contributed by atoms with Gasteiger partial charge in [0.15, 0.2) is 0 Å². The molecule has 116 valence electrons. The minimum atomic E-state index is -0.303. The van der Waals surface area contributed by atoms with E-state index in [1.165, 1.54) is 0 Å². The summed E-state index contributed by atoms with van der Waals surface area (Å²) in [5.41, 5.74) is 0.563. The van der Waals surface area contributed by atoms with Gasteiger partial charge < -0.3 is 15.4 Å². The summed E-state index contributed by atoms with van der Waals surface area (Å²) < 4.78 is 5.45. The molecule has 6 heteroatoms. The summed E-state index contributed by atoms with van der Waals surface area (Å²) in [7, 11) is 0. The number of benzene rings is 1. The number of ether oxygens (including phenoxy) is 1. The third-order valence-electron chi connectivity index (χ3n) is 2.62. The first-order valence-corrected chi connectivity index (χ1v) is 7.31. The molecule has 0 saturated carbocycles. The summed E-state index contributed by atoms with van der Waals surface area (Å²) in [6.07, 6.45) is 0.893. The quantitative estimate of drug-likeness (QED) is 0.813. The van der Waals surface area contributed by atoms with Crippen LogP contribution in [0.1, 0.15) is 27.2 Å². The van der Waals surface area contributed by atoms with E-state index in [1.54, 1.807) is 32.0 Å². The normalized spacial score (nSPS) is 10.3. The Balaban J connectivity index is 2.53. The Hall–Kier alpha value is -1.75. The topological polar surface area (TPSA) is 67.4 Å². The van der Waals surface area contributed by atoms with Gasteiger partial charge in [0.1, 0.15) is 5.75 Å². The Morgan fingerprint density at radius 2 is 2.05 bits per heavy atom. The highest BCUT2D eigenvalue weighted by molar-refractivity contribution is 6.32. The summed E-state index contributed by atoms with van der Waals surface area (Å²) in [5, 5.41) is 5.65. The molecule has 0 radical (unpaired) electrons. The van der Waals surface area contributed by atoms with Crippen molar-refractivity contribution in [1.29, 1.82) is 0 Å². The van der Waals surface area contributed by atoms with Gasteiger partial charge in [-0.05, 0) is 24.6 Å². The molecule has 5 nitrogen and oxygen atoms in total. The first-order valence-electron chi connectivity index (χ1n) is 6.94. The highest BCUT2D eigenvalue weighted by atomic mass is 35.5. The Bertz CT molecular complexity index is 504. The molecule has 2 N–H and O–H groups in total. The van der Waals surface area contributed by atoms with Gasteiger partial charge in [0.05, 0.1) is 18.2 Å². The van der Waals surface area contributed by atoms with E-state index in [4.69, 9.17) is 16.3 Å². The van der Waals surface area contributed by atoms with Crippen molar-refractivity contribution in [1.82, 2.24) is 5.32 Å². The van der Waals surface area contributed by atoms with Crippen LogP contribution < -0.4 is 15.4 Å². The molecule has 0 bridgehead atoms. The molecule has 0 heterocycles. The lowest BCUT2D eigenvalue weighted by atomic mass is 10.2. The van der Waals surface area contributed by atoms with Gasteiger partial charge >= 0.3 is 0 Å². The van der Waals surface area contributed by atoms with Crippen LogP contribution in [0.5, 0.6) is 5.75 Å². The lowest BCUT2D eigenvalue weighted by Gasteiger charge is -2.11. The summed E-state index contributed by atoms with van der Waals surface area (Å²) in [6.45, 7) is 6.06. The zero-order chi connectivity index (χ0) is 15.8. The van der Waals surface area contributed by atoms with E-state index in [-0.39, 0.29) is 24.3 Å². The predicted octanol–water partition coefficient (Wildman–Crippen LogP) is 2.84. The maximum atomic E-state index is 11.7. The molecule has 0 spiro atoms. The zero-order valence-corrected chi connectivity index (χ0v) is 13.3. The minimum Gasteiger partial charge on any atom is -0.492 e. The molecule has 1 aromatic rings. The molecule has 0 saturated heterocycles. The lowest BCUT2D eigenvalue weighted by molar-refractivity contribution is -0.126. The summed E-state index contributed by atoms with van der Waals surface area (Å²) >= 11 is 6.07. The van der Waals surface area contributed by atoms with Gasteiger partial charge in [-0.25, -0.2) is 0 Å². The van der Waals surface area contributed by atoms with E-state index in [9.17, 15) is 9.59 Å². The number of hydrogen-bond donors (Lipinski definition) is 2. The van der Waals surface area contributed by atoms with Gasteiger partial charge in [0, 0.05) is 11.6 Å². The number of nitrogens with one attached hydrogen (secondary N) is 2. The van der Waals surface area contributed by atoms with Gasteiger partial charge in [-0.2, -0.15) is 0 Å². The fourth-order valence-corrected chi connectivity index (χ4v) is 1.72. The van der Waals surface area contributed by atoms with Crippen LogP contribution in [0.15, 0.2) is 18.2 Å². The van der Waals surface area contributed by atoms with Gasteiger partial charge in [-0.3, -0.25) is 9.59 Å². The van der Waals surface area contributed by atoms with Crippen LogP contribution in [-0.2, 0) is 9.59 Å². The van der Waals surface area contributed by atoms with Gasteiger partial charge in [0.2, 0.25) is 11.8 Å². The number of carbonyl (C=O) groups excluding carboxylic acids is 2. The Morgan fingerprint density at radius 1 is 1.33 bits per heavy atom. The lowest BCUT2D eigenvalue weighted by Crippen LogP contribution is -2.35. The predicted molar refractivity (Wildman–Crippen MR) is 83.7 cm³/mol. The zero-order valence-electron chi connectivity index (χ0n) is 12.5. The van der Waals surface area contributed by atoms with Crippen LogP contribution in [0.25, 0.3) is 0 Å². The Labute approximate surface area is 130 Å². The molecule has 0 aromatic heterocycles. The average Bonchev–Trinajstić information content (AvgIpc) is 2.43. The smallest absolute Gasteiger partial charge is 0.243 e. The van der Waals surface area contributed by atoms with Crippen molar-refractivity contribution in [2.75, 3.05) is 18.5 Å². The molecule has 0 unspecified atom stereocenters. The first kappa shape index (κ1) is 17.3. The number of halogens is 1. The molecule has 0 fully saturated rings. The van der Waals surface area contributed by atoms with Crippen LogP contribution in [0.3, 0.4) is 0 Å². The fraction of sp³-hybridized carbons (Fsp3) is 0.467. The minimum absolute atomic E-state index is 0.0667. The molecular formula is C15H21ClN2O3. The highest BCUT2D eigenvalue weighted by Crippen LogP contribution is 2.27. The monoisotopic (exact) mass is 312 g/mol. The molecule has 0 aliphatic rings. The highest BCUT2D eigenvalue weighted by Gasteiger charge is 2.10. The third-order valence-corrected chi connectivity index (χ3v) is 2.92. The Kier molecular flexibility index (Phi) is 7.02. The number of amides is 2. The van der Waals surface area contributed by atoms with Crippen molar-refractivity contribution in [3.63, 3.8) is 0 Å². The van der Waals surface area contributed by atoms with Crippen LogP contribution in [-0.4, -0.2) is 25.0 Å². The molecular weight excluding hydrogens is 292 g/mol. The standard InChI is InChI=1S/C15H21ClN2O3/c1-4-7-21-13-6-5-11(8-12(13)16)18-14(19)9-17-15(20)10(2)3/h5-6,8,10H,4,7,9H2,1-3H3,(H,17,20)(H,18,19). The molecule has 0 atom stereocenters. The molecule has 2 amide bonds. The van der Waals surface area contributed by atoms with Gasteiger partial charge in [-0.1, -0.05) is 32.4 Å². The molecule has 0 aliphatic heterocycles. The molecule has 1 aromatic carbocycles. The van der Waals surface area contributed by atoms with Crippen LogP contribution in [0, 0.1) is 5.92 Å². The van der Waals surface area contributed by atoms with Gasteiger partial charge in [-0.15, -0.1) is 0 Å². The van der Waals surface area contributed by atoms with Crippen LogP contribution in [0.2, 0.25) is 5.02 Å². The second-order valence-electron chi connectivity index (χ2n) is 4.91. The van der Waals surface area contributed by atoms with Crippen LogP contribution >= 0.6 is 11.6 Å². The maximum absolute atomic E-state index is 11.7. The Morgan fingerprint density at radius 3 is 2.62 bits per heavy atom. The summed E-state index contributed by atoms with van der Waals surface area (Å²) in [4.78, 5) is 23.1. The first-order chi connectivity index (χ1) is 9.93. The largest absolute Gasteiger partial charge is 0.492 e. The van der Waals surface area contributed by atoms with E-state index < -0.39 is 0 Å².